The molecule has 0 bridgehead atoms. The van der Waals surface area contributed by atoms with E-state index in [-0.39, 0.29) is 5.91 Å². The van der Waals surface area contributed by atoms with E-state index in [9.17, 15) is 4.79 Å². The minimum Gasteiger partial charge on any atom is -0.353 e. The first-order valence-electron chi connectivity index (χ1n) is 4.76. The summed E-state index contributed by atoms with van der Waals surface area (Å²) in [4.78, 5) is 10.6. The molecule has 1 aromatic rings. The van der Waals surface area contributed by atoms with Gasteiger partial charge in [0, 0.05) is 17.9 Å². The topological polar surface area (TPSA) is 29.1 Å². The molecule has 0 unspecified atom stereocenters. The van der Waals surface area contributed by atoms with Gasteiger partial charge in [-0.2, -0.15) is 0 Å². The zero-order valence-electron chi connectivity index (χ0n) is 8.88. The predicted octanol–water partition coefficient (Wildman–Crippen LogP) is 2.91. The number of hydrogen-bond acceptors (Lipinski definition) is 1. The summed E-state index contributed by atoms with van der Waals surface area (Å²) in [6.45, 7) is 4.14. The minimum absolute atomic E-state index is 0.00869. The van der Waals surface area contributed by atoms with Crippen molar-refractivity contribution in [3.05, 3.63) is 39.9 Å². The van der Waals surface area contributed by atoms with E-state index in [1.54, 1.807) is 0 Å². The number of carbonyl (C=O) groups excluding carboxylic acids is 1. The molecule has 0 radical (unpaired) electrons. The van der Waals surface area contributed by atoms with Crippen LogP contribution in [0.4, 0.5) is 0 Å². The van der Waals surface area contributed by atoms with E-state index >= 15 is 0 Å². The van der Waals surface area contributed by atoms with Crippen LogP contribution in [0.3, 0.4) is 0 Å². The van der Waals surface area contributed by atoms with Crippen LogP contribution in [0.2, 0.25) is 0 Å². The molecule has 0 aliphatic heterocycles. The highest BCUT2D eigenvalue weighted by atomic mass is 79.9. The van der Waals surface area contributed by atoms with Gasteiger partial charge in [-0.15, -0.1) is 0 Å². The number of hydrogen-bond donors (Lipinski definition) is 1. The van der Waals surface area contributed by atoms with Gasteiger partial charge in [0.25, 0.3) is 0 Å². The van der Waals surface area contributed by atoms with E-state index in [2.05, 4.69) is 40.3 Å². The van der Waals surface area contributed by atoms with Gasteiger partial charge in [0.05, 0.1) is 0 Å². The third kappa shape index (κ3) is 4.30. The van der Waals surface area contributed by atoms with Crippen molar-refractivity contribution in [3.8, 4) is 0 Å². The summed E-state index contributed by atoms with van der Waals surface area (Å²) < 4.78 is 1.06. The Morgan fingerprint density at radius 2 is 2.27 bits per heavy atom. The maximum absolute atomic E-state index is 10.6. The lowest BCUT2D eigenvalue weighted by Gasteiger charge is -2.01. The van der Waals surface area contributed by atoms with Gasteiger partial charge < -0.3 is 5.32 Å². The van der Waals surface area contributed by atoms with Crippen molar-refractivity contribution >= 4 is 27.9 Å². The summed E-state index contributed by atoms with van der Waals surface area (Å²) in [7, 11) is 0. The Kier molecular flexibility index (Phi) is 4.56. The van der Waals surface area contributed by atoms with Gasteiger partial charge in [0.15, 0.2) is 0 Å². The number of carbonyl (C=O) groups is 1. The van der Waals surface area contributed by atoms with Crippen LogP contribution in [-0.4, -0.2) is 12.5 Å². The predicted molar refractivity (Wildman–Crippen MR) is 66.6 cm³/mol. The molecule has 1 rings (SSSR count). The molecular formula is C12H14BrNO. The lowest BCUT2D eigenvalue weighted by Crippen LogP contribution is -2.19. The molecule has 1 N–H and O–H groups in total. The van der Waals surface area contributed by atoms with E-state index in [0.717, 1.165) is 10.0 Å². The van der Waals surface area contributed by atoms with Crippen molar-refractivity contribution in [1.82, 2.24) is 5.32 Å². The van der Waals surface area contributed by atoms with Gasteiger partial charge in [-0.05, 0) is 30.2 Å². The maximum atomic E-state index is 10.6. The molecular weight excluding hydrogens is 254 g/mol. The van der Waals surface area contributed by atoms with Crippen LogP contribution in [0, 0.1) is 6.92 Å². The molecule has 0 heterocycles. The minimum atomic E-state index is -0.00869. The summed E-state index contributed by atoms with van der Waals surface area (Å²) in [6, 6.07) is 6.13. The van der Waals surface area contributed by atoms with Crippen LogP contribution >= 0.6 is 15.9 Å². The van der Waals surface area contributed by atoms with Crippen molar-refractivity contribution in [2.75, 3.05) is 6.54 Å². The molecule has 0 saturated carbocycles. The zero-order chi connectivity index (χ0) is 11.3. The molecule has 1 aromatic carbocycles. The van der Waals surface area contributed by atoms with E-state index in [4.69, 9.17) is 0 Å². The first-order chi connectivity index (χ1) is 7.09. The number of rotatable bonds is 3. The second-order valence-electron chi connectivity index (χ2n) is 3.34. The molecule has 15 heavy (non-hydrogen) atoms. The Hall–Kier alpha value is -1.09. The molecule has 0 spiro atoms. The Bertz CT molecular complexity index is 385. The normalized spacial score (nSPS) is 10.6. The Morgan fingerprint density at radius 1 is 1.53 bits per heavy atom. The molecule has 3 heteroatoms. The number of halogens is 1. The molecule has 0 atom stereocenters. The van der Waals surface area contributed by atoms with E-state index in [1.165, 1.54) is 12.5 Å². The van der Waals surface area contributed by atoms with Crippen LogP contribution in [-0.2, 0) is 4.79 Å². The Morgan fingerprint density at radius 3 is 2.93 bits per heavy atom. The highest BCUT2D eigenvalue weighted by molar-refractivity contribution is 9.10. The zero-order valence-corrected chi connectivity index (χ0v) is 10.5. The summed E-state index contributed by atoms with van der Waals surface area (Å²) in [6.07, 6.45) is 3.95. The standard InChI is InChI=1S/C12H14BrNO/c1-9-5-6-12(13)8-11(9)4-3-7-14-10(2)15/h3-6,8H,7H2,1-2H3,(H,14,15). The monoisotopic (exact) mass is 267 g/mol. The average molecular weight is 268 g/mol. The molecule has 2 nitrogen and oxygen atoms in total. The highest BCUT2D eigenvalue weighted by Crippen LogP contribution is 2.16. The van der Waals surface area contributed by atoms with E-state index < -0.39 is 0 Å². The molecule has 0 aliphatic rings. The van der Waals surface area contributed by atoms with E-state index in [0.29, 0.717) is 6.54 Å². The first kappa shape index (κ1) is 12.0. The molecule has 0 fully saturated rings. The Labute approximate surface area is 98.5 Å². The van der Waals surface area contributed by atoms with Gasteiger partial charge in [-0.3, -0.25) is 4.79 Å². The van der Waals surface area contributed by atoms with Crippen LogP contribution in [0.15, 0.2) is 28.7 Å². The van der Waals surface area contributed by atoms with Crippen molar-refractivity contribution in [2.24, 2.45) is 0 Å². The van der Waals surface area contributed by atoms with Crippen molar-refractivity contribution in [2.45, 2.75) is 13.8 Å². The van der Waals surface area contributed by atoms with Crippen LogP contribution in [0.25, 0.3) is 6.08 Å². The second-order valence-corrected chi connectivity index (χ2v) is 4.26. The Balaban J connectivity index is 2.63. The summed E-state index contributed by atoms with van der Waals surface area (Å²) in [5.74, 6) is -0.00869. The summed E-state index contributed by atoms with van der Waals surface area (Å²) in [5.41, 5.74) is 2.38. The van der Waals surface area contributed by atoms with Gasteiger partial charge in [0.1, 0.15) is 0 Å². The van der Waals surface area contributed by atoms with Crippen molar-refractivity contribution in [3.63, 3.8) is 0 Å². The third-order valence-corrected chi connectivity index (χ3v) is 2.50. The van der Waals surface area contributed by atoms with Gasteiger partial charge in [-0.1, -0.05) is 34.1 Å². The SMILES string of the molecule is CC(=O)NCC=Cc1cc(Br)ccc1C. The van der Waals surface area contributed by atoms with Crippen molar-refractivity contribution < 1.29 is 4.79 Å². The summed E-state index contributed by atoms with van der Waals surface area (Å²) >= 11 is 3.42. The first-order valence-corrected chi connectivity index (χ1v) is 5.56. The van der Waals surface area contributed by atoms with Crippen molar-refractivity contribution in [1.29, 1.82) is 0 Å². The van der Waals surface area contributed by atoms with Crippen LogP contribution in [0.5, 0.6) is 0 Å². The number of aryl methyl sites for hydroxylation is 1. The van der Waals surface area contributed by atoms with Gasteiger partial charge >= 0.3 is 0 Å². The van der Waals surface area contributed by atoms with Gasteiger partial charge in [-0.25, -0.2) is 0 Å². The highest BCUT2D eigenvalue weighted by Gasteiger charge is 1.94. The fraction of sp³-hybridized carbons (Fsp3) is 0.250. The largest absolute Gasteiger partial charge is 0.353 e. The van der Waals surface area contributed by atoms with E-state index in [1.807, 2.05) is 18.2 Å². The average Bonchev–Trinajstić information content (AvgIpc) is 2.17. The maximum Gasteiger partial charge on any atom is 0.217 e. The number of benzene rings is 1. The second kappa shape index (κ2) is 5.71. The lowest BCUT2D eigenvalue weighted by molar-refractivity contribution is -0.118. The van der Waals surface area contributed by atoms with Crippen LogP contribution < -0.4 is 5.32 Å². The molecule has 0 aliphatic carbocycles. The lowest BCUT2D eigenvalue weighted by atomic mass is 10.1. The summed E-state index contributed by atoms with van der Waals surface area (Å²) in [5, 5.41) is 2.71. The molecule has 80 valence electrons. The molecule has 0 saturated heterocycles. The quantitative estimate of drug-likeness (QED) is 0.897. The fourth-order valence-electron chi connectivity index (χ4n) is 1.18. The fourth-order valence-corrected chi connectivity index (χ4v) is 1.56. The third-order valence-electron chi connectivity index (χ3n) is 2.01. The molecule has 0 aromatic heterocycles. The number of amides is 1. The number of nitrogens with one attached hydrogen (secondary N) is 1. The van der Waals surface area contributed by atoms with Gasteiger partial charge in [0.2, 0.25) is 5.91 Å². The molecule has 1 amide bonds. The smallest absolute Gasteiger partial charge is 0.217 e. The van der Waals surface area contributed by atoms with Crippen LogP contribution in [0.1, 0.15) is 18.1 Å².